The van der Waals surface area contributed by atoms with Crippen molar-refractivity contribution in [1.29, 1.82) is 0 Å². The Labute approximate surface area is 453 Å². The number of cyclic esters (lactones) is 1. The minimum absolute atomic E-state index is 0.0214. The molecule has 4 fully saturated rings. The quantitative estimate of drug-likeness (QED) is 0.0870. The summed E-state index contributed by atoms with van der Waals surface area (Å²) in [4.78, 5) is 85.3. The Morgan fingerprint density at radius 1 is 0.857 bits per heavy atom. The van der Waals surface area contributed by atoms with E-state index in [4.69, 9.17) is 33.2 Å². The highest BCUT2D eigenvalue weighted by atomic mass is 16.9. The molecule has 2 bridgehead atoms. The second kappa shape index (κ2) is 28.3. The number of amides is 1. The molecule has 2 unspecified atom stereocenters. The number of Topliss-reactive ketones (excluding diaryl/α,β-unsaturated/α-hetero) is 3. The zero-order chi connectivity index (χ0) is 57.1. The van der Waals surface area contributed by atoms with Gasteiger partial charge < -0.3 is 68.7 Å². The molecule has 0 aromatic carbocycles. The lowest BCUT2D eigenvalue weighted by Gasteiger charge is -2.42. The van der Waals surface area contributed by atoms with Gasteiger partial charge in [0.25, 0.3) is 11.7 Å². The second-order valence-electron chi connectivity index (χ2n) is 22.7. The zero-order valence-corrected chi connectivity index (χ0v) is 46.6. The van der Waals surface area contributed by atoms with Crippen LogP contribution in [-0.2, 0) is 57.1 Å². The highest BCUT2D eigenvalue weighted by Gasteiger charge is 2.54. The van der Waals surface area contributed by atoms with Crippen molar-refractivity contribution < 1.29 is 92.6 Å². The predicted octanol–water partition coefficient (Wildman–Crippen LogP) is 4.72. The molecule has 0 radical (unpaired) electrons. The van der Waals surface area contributed by atoms with Crippen LogP contribution in [0.4, 0.5) is 4.79 Å². The molecule has 0 aromatic heterocycles. The van der Waals surface area contributed by atoms with E-state index in [0.29, 0.717) is 63.4 Å². The number of esters is 1. The third-order valence-corrected chi connectivity index (χ3v) is 16.5. The number of nitrogens with zero attached hydrogens (tertiary/aromatic N) is 1. The SMILES string of the molecule is CO[C@H]1C[C@@H]2CC[C@@H](C)[C@@](O)(O2)C(=O)C(=O)N2CCCC[C@H]2C(=O)O[C@H]([C@H](C)C[C@H]2CC[C@@H](OC(=O)O[C@@]3(O)OC[C@H](O)C(O)C3O)[C@H](C)C2)CC(=O)[C@H](C)/C=C(\C)[C@@H](O)[C@@H](OC)C(=O)[C@H](C)C[C@H](C)/C=C/C=CC=C1C. The molecule has 3 saturated heterocycles. The number of carbonyl (C=O) groups excluding carboxylic acids is 6. The van der Waals surface area contributed by atoms with Crippen molar-refractivity contribution >= 4 is 35.4 Å². The van der Waals surface area contributed by atoms with Gasteiger partial charge in [-0.15, -0.1) is 0 Å². The molecule has 5 aliphatic rings. The summed E-state index contributed by atoms with van der Waals surface area (Å²) in [5.74, 6) is -12.1. The van der Waals surface area contributed by atoms with E-state index in [2.05, 4.69) is 0 Å². The third-order valence-electron chi connectivity index (χ3n) is 16.5. The molecular weight excluding hydrogens is 1000 g/mol. The van der Waals surface area contributed by atoms with Crippen molar-refractivity contribution in [2.45, 2.75) is 205 Å². The van der Waals surface area contributed by atoms with Gasteiger partial charge in [-0.05, 0) is 113 Å². The minimum atomic E-state index is -2.96. The molecule has 4 aliphatic heterocycles. The van der Waals surface area contributed by atoms with Crippen LogP contribution in [0.5, 0.6) is 0 Å². The maximum absolute atomic E-state index is 14.6. The third kappa shape index (κ3) is 16.2. The van der Waals surface area contributed by atoms with Crippen molar-refractivity contribution in [2.24, 2.45) is 41.4 Å². The van der Waals surface area contributed by atoms with Crippen molar-refractivity contribution in [2.75, 3.05) is 27.4 Å². The lowest BCUT2D eigenvalue weighted by Crippen LogP contribution is -2.62. The number of fused-ring (bicyclic) bond motifs is 3. The summed E-state index contributed by atoms with van der Waals surface area (Å²) in [6.45, 7) is 13.6. The Hall–Kier alpha value is -4.22. The van der Waals surface area contributed by atoms with Crippen molar-refractivity contribution in [3.63, 3.8) is 0 Å². The average molecular weight is 1090 g/mol. The van der Waals surface area contributed by atoms with Gasteiger partial charge >= 0.3 is 18.1 Å². The molecule has 20 heteroatoms. The van der Waals surface area contributed by atoms with Crippen LogP contribution in [0.3, 0.4) is 0 Å². The number of piperidine rings is 1. The topological polar surface area (TPSA) is 292 Å². The molecule has 1 saturated carbocycles. The molecule has 6 N–H and O–H groups in total. The summed E-state index contributed by atoms with van der Waals surface area (Å²) < 4.78 is 39.2. The van der Waals surface area contributed by atoms with Gasteiger partial charge in [-0.3, -0.25) is 19.2 Å². The van der Waals surface area contributed by atoms with Crippen LogP contribution in [0.15, 0.2) is 47.6 Å². The lowest BCUT2D eigenvalue weighted by atomic mass is 9.75. The number of methoxy groups -OCH3 is 2. The van der Waals surface area contributed by atoms with Crippen LogP contribution in [0.25, 0.3) is 0 Å². The van der Waals surface area contributed by atoms with Gasteiger partial charge in [0.2, 0.25) is 5.79 Å². The van der Waals surface area contributed by atoms with Crippen LogP contribution >= 0.6 is 0 Å². The van der Waals surface area contributed by atoms with Gasteiger partial charge in [0.05, 0.1) is 18.8 Å². The Kier molecular flexibility index (Phi) is 23.4. The fraction of sp³-hybridized carbons (Fsp3) is 0.754. The summed E-state index contributed by atoms with van der Waals surface area (Å²) in [6.07, 6.45) is 2.91. The van der Waals surface area contributed by atoms with E-state index in [0.717, 1.165) is 10.5 Å². The van der Waals surface area contributed by atoms with Crippen LogP contribution < -0.4 is 0 Å². The fourth-order valence-electron chi connectivity index (χ4n) is 11.5. The first kappa shape index (κ1) is 63.6. The molecule has 1 amide bonds. The predicted molar refractivity (Wildman–Crippen MR) is 278 cm³/mol. The summed E-state index contributed by atoms with van der Waals surface area (Å²) in [6, 6.07) is -1.23. The second-order valence-corrected chi connectivity index (χ2v) is 22.7. The Bertz CT molecular complexity index is 2180. The van der Waals surface area contributed by atoms with E-state index >= 15 is 0 Å². The summed E-state index contributed by atoms with van der Waals surface area (Å²) >= 11 is 0. The van der Waals surface area contributed by atoms with Crippen molar-refractivity contribution in [3.05, 3.63) is 47.6 Å². The van der Waals surface area contributed by atoms with Crippen LogP contribution in [0.1, 0.15) is 132 Å². The normalized spacial score (nSPS) is 40.8. The molecular formula is C57H87NO19. The number of aliphatic hydroxyl groups excluding tert-OH is 4. The number of ether oxygens (including phenoxy) is 7. The number of hydrogen-bond acceptors (Lipinski definition) is 19. The number of rotatable bonds is 7. The molecule has 0 aromatic rings. The molecule has 20 nitrogen and oxygen atoms in total. The number of hydrogen-bond donors (Lipinski definition) is 6. The average Bonchev–Trinajstić information content (AvgIpc) is 3.39. The van der Waals surface area contributed by atoms with Gasteiger partial charge in [-0.1, -0.05) is 78.0 Å². The number of allylic oxidation sites excluding steroid dienone is 6. The van der Waals surface area contributed by atoms with E-state index in [1.54, 1.807) is 40.9 Å². The molecule has 19 atom stereocenters. The van der Waals surface area contributed by atoms with E-state index in [9.17, 15) is 59.4 Å². The summed E-state index contributed by atoms with van der Waals surface area (Å²) in [5, 5.41) is 64.1. The number of carbonyl (C=O) groups is 6. The van der Waals surface area contributed by atoms with Gasteiger partial charge in [-0.2, -0.15) is 0 Å². The minimum Gasteiger partial charge on any atom is -0.460 e. The largest absolute Gasteiger partial charge is 0.512 e. The first-order valence-electron chi connectivity index (χ1n) is 27.5. The Balaban J connectivity index is 1.41. The van der Waals surface area contributed by atoms with Gasteiger partial charge in [0, 0.05) is 51.4 Å². The van der Waals surface area contributed by atoms with E-state index in [1.807, 2.05) is 58.1 Å². The van der Waals surface area contributed by atoms with Crippen LogP contribution in [-0.4, -0.2) is 171 Å². The van der Waals surface area contributed by atoms with Crippen LogP contribution in [0.2, 0.25) is 0 Å². The molecule has 0 spiro atoms. The van der Waals surface area contributed by atoms with E-state index in [-0.39, 0.29) is 55.1 Å². The molecule has 434 valence electrons. The highest BCUT2D eigenvalue weighted by molar-refractivity contribution is 6.39. The Morgan fingerprint density at radius 3 is 2.25 bits per heavy atom. The van der Waals surface area contributed by atoms with Gasteiger partial charge in [-0.25, -0.2) is 9.59 Å². The highest BCUT2D eigenvalue weighted by Crippen LogP contribution is 2.39. The maximum atomic E-state index is 14.6. The van der Waals surface area contributed by atoms with Crippen molar-refractivity contribution in [1.82, 2.24) is 4.90 Å². The monoisotopic (exact) mass is 1090 g/mol. The molecule has 5 rings (SSSR count). The van der Waals surface area contributed by atoms with Crippen LogP contribution in [0, 0.1) is 41.4 Å². The zero-order valence-electron chi connectivity index (χ0n) is 46.6. The van der Waals surface area contributed by atoms with Gasteiger partial charge in [0.15, 0.2) is 11.9 Å². The first-order chi connectivity index (χ1) is 36.2. The molecule has 1 aliphatic carbocycles. The van der Waals surface area contributed by atoms with Crippen molar-refractivity contribution in [3.8, 4) is 0 Å². The first-order valence-corrected chi connectivity index (χ1v) is 27.5. The molecule has 77 heavy (non-hydrogen) atoms. The smallest absolute Gasteiger partial charge is 0.460 e. The Morgan fingerprint density at radius 2 is 1.57 bits per heavy atom. The maximum Gasteiger partial charge on any atom is 0.512 e. The number of ketones is 3. The van der Waals surface area contributed by atoms with Gasteiger partial charge in [0.1, 0.15) is 48.4 Å². The number of aliphatic hydroxyl groups is 6. The van der Waals surface area contributed by atoms with E-state index in [1.165, 1.54) is 7.11 Å². The lowest BCUT2D eigenvalue weighted by molar-refractivity contribution is -0.415. The summed E-state index contributed by atoms with van der Waals surface area (Å²) in [7, 11) is 2.90. The standard InChI is InChI=1S/C57H87NO19/c1-31-16-12-11-13-17-32(2)45(71-9)28-40-21-19-38(8)56(69,76-40)52(65)53(66)58-23-15-14-18-41(58)54(67)74-46(29-42(59)33(3)25-37(7)48(62)50(72-10)47(61)36(6)24-31)35(5)27-39-20-22-44(34(4)26-39)75-55(68)77-57(70)51(64)49(63)43(60)30-73-57/h11-13,16-17,25,31,33-36,38-41,43-46,48-51,60,62-64,69-70H,14-15,18-24,26-30H2,1-10H3/b13-11?,16-12+,32-17?,37-25+/t31-,33-,34-,35-,36-,38-,39+,40+,41+,43+,44-,45+,46+,48-,49?,50+,51?,56-,57+/m1/s1. The van der Waals surface area contributed by atoms with E-state index < -0.39 is 127 Å². The summed E-state index contributed by atoms with van der Waals surface area (Å²) in [5.41, 5.74) is 1.18. The fourth-order valence-corrected chi connectivity index (χ4v) is 11.5. The molecule has 4 heterocycles.